The zero-order chi connectivity index (χ0) is 99.7. The minimum atomic E-state index is -0.734. The number of fused-ring (bicyclic) bond motifs is 4. The minimum absolute atomic E-state index is 0.120. The summed E-state index contributed by atoms with van der Waals surface area (Å²) in [6.07, 6.45) is 17.6. The molecule has 0 aliphatic rings. The van der Waals surface area contributed by atoms with Crippen molar-refractivity contribution in [2.75, 3.05) is 35.5 Å². The van der Waals surface area contributed by atoms with Crippen LogP contribution >= 0.6 is 0 Å². The van der Waals surface area contributed by atoms with Crippen LogP contribution in [0.5, 0.6) is 57.5 Å². The summed E-state index contributed by atoms with van der Waals surface area (Å²) in [5, 5.41) is 10.9. The predicted molar refractivity (Wildman–Crippen MR) is 546 cm³/mol. The molecule has 0 saturated heterocycles. The Bertz CT molecular complexity index is 8600. The van der Waals surface area contributed by atoms with Crippen molar-refractivity contribution in [3.63, 3.8) is 0 Å². The second kappa shape index (κ2) is 42.8. The largest absolute Gasteiger partial charge is 0.497 e. The van der Waals surface area contributed by atoms with Crippen molar-refractivity contribution < 1.29 is 56.4 Å². The van der Waals surface area contributed by atoms with Crippen LogP contribution < -0.4 is 72.4 Å². The van der Waals surface area contributed by atoms with Crippen LogP contribution in [-0.2, 0) is 19.2 Å². The molecule has 143 heavy (non-hydrogen) atoms. The number of hydrogen-bond acceptors (Lipinski definition) is 18. The lowest BCUT2D eigenvalue weighted by Gasteiger charge is -2.11. The first-order valence-corrected chi connectivity index (χ1v) is 44.0. The van der Waals surface area contributed by atoms with Crippen LogP contribution in [0.1, 0.15) is 5.56 Å². The Labute approximate surface area is 813 Å². The summed E-state index contributed by atoms with van der Waals surface area (Å²) >= 11 is 0. The highest BCUT2D eigenvalue weighted by atomic mass is 19.1. The van der Waals surface area contributed by atoms with E-state index in [4.69, 9.17) is 28.4 Å². The van der Waals surface area contributed by atoms with Crippen LogP contribution in [0.2, 0.25) is 0 Å². The number of nitrogens with one attached hydrogen (secondary N) is 4. The Hall–Kier alpha value is -20.2. The summed E-state index contributed by atoms with van der Waals surface area (Å²) in [6.45, 7) is 15.9. The van der Waals surface area contributed by atoms with E-state index in [-0.39, 0.29) is 57.9 Å². The Kier molecular flexibility index (Phi) is 28.3. The topological polar surface area (TPSA) is 331 Å². The SMILES string of the molecule is C=CC(=O)Nc1cccc(-n2c(=O)n(-c3ccc(Oc4cccc(F)c4)c(F)c3)c3cnccc32)c1.C=CC(=O)Nc1cccc(-n2c(=O)n(-c3cccc(Oc4cccc(OC)c4)c3)c3cnccc32)c1.C=CC(=O)Nc1cccc(-n2c(=O)n(-c3cccc(Oc4ccccc4C)c3)c3cnccc32)c1.C=CC(=O)Nc1cccc(-n2c(=O)n(-c3cccc(Oc4ccccc4OC)c3)c3cnccc32)c1. The number of methoxy groups -OCH3 is 2. The number of nitrogens with zero attached hydrogens (tertiary/aromatic N) is 12. The van der Waals surface area contributed by atoms with Crippen LogP contribution in [0.25, 0.3) is 89.6 Å². The number of rotatable bonds is 26. The standard InChI is InChI=1S/2C28H22N4O4.C28H22N4O3.C27H18F2N4O3/c1-3-27(33)30-19-7-4-8-20(15-19)31-25-13-14-29-18-26(25)32(28(31)34)21-9-5-11-23(16-21)36-24-12-6-10-22(17-24)35-2;1-3-27(33)30-19-8-6-9-20(16-19)31-23-14-15-29-18-24(23)32(28(31)34)21-10-7-11-22(17-21)36-26-13-5-4-12-25(26)35-2;1-3-27(33)30-20-9-6-10-21(16-20)31-24-14-15-29-18-25(24)32(28(31)34)22-11-7-12-23(17-22)35-26-13-5-4-8-19(26)2;1-2-26(34)31-18-6-4-7-19(14-18)32-23-11-12-30-16-24(23)33(27(32)35)20-9-10-25(22(29)15-20)36-21-8-3-5-17(28)13-21/h2*3-18H,1H2,2H3,(H,30,33);3-18H,1H2,2H3,(H,30,33);2-16H,1H2,(H,31,34). The van der Waals surface area contributed by atoms with Gasteiger partial charge >= 0.3 is 22.8 Å². The zero-order valence-corrected chi connectivity index (χ0v) is 76.5. The van der Waals surface area contributed by atoms with E-state index in [0.29, 0.717) is 147 Å². The maximum absolute atomic E-state index is 15.0. The number of aromatic nitrogens is 12. The number of imidazole rings is 4. The number of halogens is 2. The third-order valence-corrected chi connectivity index (χ3v) is 22.1. The third-order valence-electron chi connectivity index (χ3n) is 22.1. The van der Waals surface area contributed by atoms with Gasteiger partial charge in [0.15, 0.2) is 23.1 Å². The second-order valence-corrected chi connectivity index (χ2v) is 31.3. The summed E-state index contributed by atoms with van der Waals surface area (Å²) in [7, 11) is 3.18. The van der Waals surface area contributed by atoms with Gasteiger partial charge in [-0.05, 0) is 225 Å². The first-order chi connectivity index (χ1) is 69.6. The molecule has 0 spiro atoms. The van der Waals surface area contributed by atoms with Gasteiger partial charge < -0.3 is 49.7 Å². The summed E-state index contributed by atoms with van der Waals surface area (Å²) in [5.41, 5.74) is 11.1. The van der Waals surface area contributed by atoms with Crippen LogP contribution in [0.4, 0.5) is 31.5 Å². The maximum Gasteiger partial charge on any atom is 0.338 e. The highest BCUT2D eigenvalue weighted by Crippen LogP contribution is 2.37. The number of carbonyl (C=O) groups is 4. The summed E-state index contributed by atoms with van der Waals surface area (Å²) < 4.78 is 75.0. The van der Waals surface area contributed by atoms with E-state index in [1.165, 1.54) is 63.9 Å². The van der Waals surface area contributed by atoms with Gasteiger partial charge in [0.1, 0.15) is 46.1 Å². The summed E-state index contributed by atoms with van der Waals surface area (Å²) in [5.74, 6) is 2.32. The van der Waals surface area contributed by atoms with E-state index in [9.17, 15) is 47.1 Å². The average molecular weight is 1900 g/mol. The molecule has 0 saturated carbocycles. The van der Waals surface area contributed by atoms with Crippen molar-refractivity contribution in [1.82, 2.24) is 56.5 Å². The Morgan fingerprint density at radius 3 is 0.909 bits per heavy atom. The molecular weight excluding hydrogens is 1820 g/mol. The van der Waals surface area contributed by atoms with Crippen molar-refractivity contribution in [1.29, 1.82) is 0 Å². The molecule has 20 rings (SSSR count). The number of carbonyl (C=O) groups excluding carboxylic acids is 4. The van der Waals surface area contributed by atoms with Crippen LogP contribution in [0.3, 0.4) is 0 Å². The molecule has 8 aromatic heterocycles. The van der Waals surface area contributed by atoms with E-state index in [2.05, 4.69) is 67.5 Å². The Morgan fingerprint density at radius 1 is 0.273 bits per heavy atom. The molecule has 4 N–H and O–H groups in total. The molecule has 0 radical (unpaired) electrons. The summed E-state index contributed by atoms with van der Waals surface area (Å²) in [6, 6.07) is 88.6. The number of para-hydroxylation sites is 3. The number of pyridine rings is 4. The average Bonchev–Trinajstić information content (AvgIpc) is 1.61. The molecule has 706 valence electrons. The van der Waals surface area contributed by atoms with E-state index < -0.39 is 17.3 Å². The molecule has 30 nitrogen and oxygen atoms in total. The van der Waals surface area contributed by atoms with E-state index in [0.717, 1.165) is 29.5 Å². The van der Waals surface area contributed by atoms with Crippen LogP contribution in [0, 0.1) is 18.6 Å². The highest BCUT2D eigenvalue weighted by Gasteiger charge is 2.25. The number of amides is 4. The number of ether oxygens (including phenoxy) is 6. The van der Waals surface area contributed by atoms with Crippen LogP contribution in [0.15, 0.2) is 429 Å². The van der Waals surface area contributed by atoms with E-state index in [1.54, 1.807) is 218 Å². The lowest BCUT2D eigenvalue weighted by molar-refractivity contribution is -0.112. The first-order valence-electron chi connectivity index (χ1n) is 44.0. The van der Waals surface area contributed by atoms with E-state index in [1.807, 2.05) is 140 Å². The number of anilines is 4. The zero-order valence-electron chi connectivity index (χ0n) is 76.5. The molecule has 0 aliphatic heterocycles. The fourth-order valence-corrected chi connectivity index (χ4v) is 15.7. The van der Waals surface area contributed by atoms with Gasteiger partial charge in [-0.15, -0.1) is 0 Å². The molecule has 0 fully saturated rings. The quantitative estimate of drug-likeness (QED) is 0.0366. The van der Waals surface area contributed by atoms with Gasteiger partial charge in [0.05, 0.1) is 129 Å². The van der Waals surface area contributed by atoms with Gasteiger partial charge in [-0.3, -0.25) is 75.7 Å². The van der Waals surface area contributed by atoms with Crippen molar-refractivity contribution in [3.8, 4) is 103 Å². The predicted octanol–water partition coefficient (Wildman–Crippen LogP) is 21.0. The highest BCUT2D eigenvalue weighted by molar-refractivity contribution is 6.01. The molecule has 8 heterocycles. The Morgan fingerprint density at radius 2 is 0.559 bits per heavy atom. The van der Waals surface area contributed by atoms with Crippen molar-refractivity contribution in [2.24, 2.45) is 0 Å². The van der Waals surface area contributed by atoms with Gasteiger partial charge in [0, 0.05) is 83.9 Å². The van der Waals surface area contributed by atoms with Crippen molar-refractivity contribution in [2.45, 2.75) is 6.92 Å². The van der Waals surface area contributed by atoms with Crippen LogP contribution in [-0.4, -0.2) is 94.3 Å². The van der Waals surface area contributed by atoms with Gasteiger partial charge in [0.25, 0.3) is 0 Å². The fraction of sp³-hybridized carbons (Fsp3) is 0.0270. The van der Waals surface area contributed by atoms with Gasteiger partial charge in [-0.1, -0.05) is 111 Å². The minimum Gasteiger partial charge on any atom is -0.497 e. The normalized spacial score (nSPS) is 10.7. The molecule has 0 atom stereocenters. The number of benzene rings is 12. The molecule has 0 bridgehead atoms. The number of hydrogen-bond donors (Lipinski definition) is 4. The monoisotopic (exact) mass is 1900 g/mol. The van der Waals surface area contributed by atoms with Gasteiger partial charge in [0.2, 0.25) is 23.6 Å². The molecule has 12 aromatic carbocycles. The van der Waals surface area contributed by atoms with Crippen molar-refractivity contribution >= 4 is 90.5 Å². The van der Waals surface area contributed by atoms with E-state index >= 15 is 0 Å². The first kappa shape index (κ1) is 94.6. The maximum atomic E-state index is 15.0. The van der Waals surface area contributed by atoms with Gasteiger partial charge in [-0.25, -0.2) is 28.0 Å². The third kappa shape index (κ3) is 21.0. The molecule has 0 aliphatic carbocycles. The number of aryl methyl sites for hydroxylation is 1. The molecular formula is C111H84F2N16O14. The smallest absolute Gasteiger partial charge is 0.338 e. The molecule has 4 amide bonds. The fourth-order valence-electron chi connectivity index (χ4n) is 15.7. The summed E-state index contributed by atoms with van der Waals surface area (Å²) in [4.78, 5) is 119. The van der Waals surface area contributed by atoms with Gasteiger partial charge in [-0.2, -0.15) is 0 Å². The lowest BCUT2D eigenvalue weighted by Crippen LogP contribution is -2.22. The molecule has 32 heteroatoms. The van der Waals surface area contributed by atoms with Crippen molar-refractivity contribution in [3.05, 3.63) is 469 Å². The second-order valence-electron chi connectivity index (χ2n) is 31.3. The Balaban J connectivity index is 0.000000131. The molecule has 0 unspecified atom stereocenters. The lowest BCUT2D eigenvalue weighted by atomic mass is 10.2. The molecule has 20 aromatic rings.